The minimum atomic E-state index is -0.696. The second kappa shape index (κ2) is 6.94. The first kappa shape index (κ1) is 15.1. The van der Waals surface area contributed by atoms with E-state index in [9.17, 15) is 14.0 Å². The summed E-state index contributed by atoms with van der Waals surface area (Å²) in [5, 5.41) is 4.24. The third kappa shape index (κ3) is 3.85. The maximum absolute atomic E-state index is 12.9. The van der Waals surface area contributed by atoms with Crippen molar-refractivity contribution in [2.24, 2.45) is 0 Å². The van der Waals surface area contributed by atoms with Gasteiger partial charge in [0.15, 0.2) is 0 Å². The molecular formula is C14H13FN2O3S. The summed E-state index contributed by atoms with van der Waals surface area (Å²) in [6.07, 6.45) is 0. The largest absolute Gasteiger partial charge is 0.468 e. The van der Waals surface area contributed by atoms with Crippen molar-refractivity contribution in [2.45, 2.75) is 5.92 Å². The Morgan fingerprint density at radius 1 is 1.38 bits per heavy atom. The standard InChI is InChI=1S/C14H13FN2O3S/c1-20-14(19)11(9-2-4-10(15)5-3-9)6-16-13(18)12-7-21-8-17-12/h2-5,7-8,11H,6H2,1H3,(H,16,18)/t11-/m0/s1. The molecule has 1 N–H and O–H groups in total. The lowest BCUT2D eigenvalue weighted by molar-refractivity contribution is -0.142. The molecule has 0 fully saturated rings. The molecule has 1 aromatic carbocycles. The van der Waals surface area contributed by atoms with E-state index < -0.39 is 17.7 Å². The predicted molar refractivity (Wildman–Crippen MR) is 75.6 cm³/mol. The van der Waals surface area contributed by atoms with Gasteiger partial charge in [0.05, 0.1) is 18.5 Å². The number of methoxy groups -OCH3 is 1. The number of carbonyl (C=O) groups excluding carboxylic acids is 2. The number of nitrogens with one attached hydrogen (secondary N) is 1. The normalized spacial score (nSPS) is 11.7. The lowest BCUT2D eigenvalue weighted by Gasteiger charge is -2.15. The smallest absolute Gasteiger partial charge is 0.314 e. The minimum absolute atomic E-state index is 0.0503. The van der Waals surface area contributed by atoms with Crippen LogP contribution in [-0.4, -0.2) is 30.5 Å². The van der Waals surface area contributed by atoms with Crippen molar-refractivity contribution in [1.82, 2.24) is 10.3 Å². The number of carbonyl (C=O) groups is 2. The molecule has 1 amide bonds. The van der Waals surface area contributed by atoms with Crippen molar-refractivity contribution < 1.29 is 18.7 Å². The lowest BCUT2D eigenvalue weighted by atomic mass is 9.99. The van der Waals surface area contributed by atoms with Gasteiger partial charge < -0.3 is 10.1 Å². The van der Waals surface area contributed by atoms with Crippen molar-refractivity contribution in [3.05, 3.63) is 52.2 Å². The van der Waals surface area contributed by atoms with E-state index in [4.69, 9.17) is 4.74 Å². The molecule has 0 saturated carbocycles. The zero-order valence-electron chi connectivity index (χ0n) is 11.2. The molecule has 1 aromatic heterocycles. The molecule has 0 unspecified atom stereocenters. The van der Waals surface area contributed by atoms with Crippen LogP contribution >= 0.6 is 11.3 Å². The average molecular weight is 308 g/mol. The fourth-order valence-electron chi connectivity index (χ4n) is 1.78. The maximum atomic E-state index is 12.9. The quantitative estimate of drug-likeness (QED) is 0.858. The molecule has 21 heavy (non-hydrogen) atoms. The molecule has 0 saturated heterocycles. The molecule has 1 heterocycles. The summed E-state index contributed by atoms with van der Waals surface area (Å²) in [4.78, 5) is 27.5. The number of benzene rings is 1. The van der Waals surface area contributed by atoms with Gasteiger partial charge >= 0.3 is 5.97 Å². The molecule has 0 spiro atoms. The maximum Gasteiger partial charge on any atom is 0.314 e. The summed E-state index contributed by atoms with van der Waals surface area (Å²) < 4.78 is 17.7. The van der Waals surface area contributed by atoms with Crippen LogP contribution in [0.1, 0.15) is 22.0 Å². The SMILES string of the molecule is COC(=O)[C@@H](CNC(=O)c1cscn1)c1ccc(F)cc1. The van der Waals surface area contributed by atoms with Crippen molar-refractivity contribution in [3.8, 4) is 0 Å². The number of hydrogen-bond donors (Lipinski definition) is 1. The molecule has 5 nitrogen and oxygen atoms in total. The van der Waals surface area contributed by atoms with Crippen molar-refractivity contribution in [3.63, 3.8) is 0 Å². The summed E-state index contributed by atoms with van der Waals surface area (Å²) in [6, 6.07) is 5.50. The second-order valence-corrected chi connectivity index (χ2v) is 4.93. The zero-order chi connectivity index (χ0) is 15.2. The fourth-order valence-corrected chi connectivity index (χ4v) is 2.32. The molecule has 0 aliphatic rings. The van der Waals surface area contributed by atoms with Gasteiger partial charge in [0.2, 0.25) is 0 Å². The van der Waals surface area contributed by atoms with Crippen LogP contribution in [0.4, 0.5) is 4.39 Å². The van der Waals surface area contributed by atoms with Gasteiger partial charge in [-0.3, -0.25) is 9.59 Å². The molecule has 0 aliphatic carbocycles. The number of ether oxygens (including phenoxy) is 1. The second-order valence-electron chi connectivity index (χ2n) is 4.21. The number of rotatable bonds is 5. The van der Waals surface area contributed by atoms with Crippen LogP contribution in [0.3, 0.4) is 0 Å². The van der Waals surface area contributed by atoms with Crippen LogP contribution in [0.25, 0.3) is 0 Å². The highest BCUT2D eigenvalue weighted by molar-refractivity contribution is 7.07. The highest BCUT2D eigenvalue weighted by Crippen LogP contribution is 2.17. The molecule has 110 valence electrons. The summed E-state index contributed by atoms with van der Waals surface area (Å²) in [6.45, 7) is 0.0503. The molecule has 2 aromatic rings. The highest BCUT2D eigenvalue weighted by atomic mass is 32.1. The lowest BCUT2D eigenvalue weighted by Crippen LogP contribution is -2.32. The first-order valence-electron chi connectivity index (χ1n) is 6.11. The van der Waals surface area contributed by atoms with Gasteiger partial charge in [0.25, 0.3) is 5.91 Å². The van der Waals surface area contributed by atoms with Gasteiger partial charge in [-0.1, -0.05) is 12.1 Å². The Kier molecular flexibility index (Phi) is 4.99. The Hall–Kier alpha value is -2.28. The van der Waals surface area contributed by atoms with Gasteiger partial charge in [-0.25, -0.2) is 9.37 Å². The van der Waals surface area contributed by atoms with E-state index in [0.29, 0.717) is 11.3 Å². The Morgan fingerprint density at radius 2 is 2.10 bits per heavy atom. The highest BCUT2D eigenvalue weighted by Gasteiger charge is 2.22. The van der Waals surface area contributed by atoms with Gasteiger partial charge in [0.1, 0.15) is 11.5 Å². The predicted octanol–water partition coefficient (Wildman–Crippen LogP) is 1.97. The number of aromatic nitrogens is 1. The Bertz CT molecular complexity index is 614. The third-order valence-corrected chi connectivity index (χ3v) is 3.48. The Morgan fingerprint density at radius 3 is 2.67 bits per heavy atom. The van der Waals surface area contributed by atoms with E-state index in [0.717, 1.165) is 0 Å². The molecular weight excluding hydrogens is 295 g/mol. The number of hydrogen-bond acceptors (Lipinski definition) is 5. The van der Waals surface area contributed by atoms with E-state index in [-0.39, 0.29) is 12.5 Å². The van der Waals surface area contributed by atoms with Crippen molar-refractivity contribution >= 4 is 23.2 Å². The van der Waals surface area contributed by atoms with Crippen molar-refractivity contribution in [2.75, 3.05) is 13.7 Å². The molecule has 0 bridgehead atoms. The molecule has 7 heteroatoms. The van der Waals surface area contributed by atoms with Gasteiger partial charge in [0, 0.05) is 11.9 Å². The Balaban J connectivity index is 2.08. The summed E-state index contributed by atoms with van der Waals surface area (Å²) in [5.74, 6) is -1.96. The first-order valence-corrected chi connectivity index (χ1v) is 7.05. The topological polar surface area (TPSA) is 68.3 Å². The van der Waals surface area contributed by atoms with Gasteiger partial charge in [-0.15, -0.1) is 11.3 Å². The zero-order valence-corrected chi connectivity index (χ0v) is 12.0. The Labute approximate surface area is 124 Å². The average Bonchev–Trinajstić information content (AvgIpc) is 3.03. The summed E-state index contributed by atoms with van der Waals surface area (Å²) in [5.41, 5.74) is 2.41. The number of esters is 1. The van der Waals surface area contributed by atoms with E-state index in [1.807, 2.05) is 0 Å². The fraction of sp³-hybridized carbons (Fsp3) is 0.214. The molecule has 2 rings (SSSR count). The summed E-state index contributed by atoms with van der Waals surface area (Å²) in [7, 11) is 1.26. The monoisotopic (exact) mass is 308 g/mol. The van der Waals surface area contributed by atoms with E-state index in [1.54, 1.807) is 10.9 Å². The minimum Gasteiger partial charge on any atom is -0.468 e. The van der Waals surface area contributed by atoms with Gasteiger partial charge in [-0.05, 0) is 17.7 Å². The molecule has 0 radical (unpaired) electrons. The number of nitrogens with zero attached hydrogens (tertiary/aromatic N) is 1. The number of amides is 1. The number of halogens is 1. The van der Waals surface area contributed by atoms with Crippen molar-refractivity contribution in [1.29, 1.82) is 0 Å². The third-order valence-electron chi connectivity index (χ3n) is 2.89. The number of thiazole rings is 1. The molecule has 0 aliphatic heterocycles. The van der Waals surface area contributed by atoms with E-state index in [2.05, 4.69) is 10.3 Å². The van der Waals surface area contributed by atoms with E-state index in [1.165, 1.54) is 42.7 Å². The van der Waals surface area contributed by atoms with Crippen LogP contribution < -0.4 is 5.32 Å². The van der Waals surface area contributed by atoms with Crippen LogP contribution in [0, 0.1) is 5.82 Å². The summed E-state index contributed by atoms with van der Waals surface area (Å²) >= 11 is 1.31. The van der Waals surface area contributed by atoms with Gasteiger partial charge in [-0.2, -0.15) is 0 Å². The van der Waals surface area contributed by atoms with Crippen LogP contribution in [0.2, 0.25) is 0 Å². The van der Waals surface area contributed by atoms with Crippen LogP contribution in [-0.2, 0) is 9.53 Å². The van der Waals surface area contributed by atoms with Crippen LogP contribution in [0.5, 0.6) is 0 Å². The molecule has 1 atom stereocenters. The van der Waals surface area contributed by atoms with E-state index >= 15 is 0 Å². The van der Waals surface area contributed by atoms with Crippen LogP contribution in [0.15, 0.2) is 35.2 Å². The first-order chi connectivity index (χ1) is 10.1.